The van der Waals surface area contributed by atoms with Crippen LogP contribution in [0.25, 0.3) is 0 Å². The molecule has 0 aliphatic carbocycles. The predicted molar refractivity (Wildman–Crippen MR) is 133 cm³/mol. The lowest BCUT2D eigenvalue weighted by Crippen LogP contribution is -2.28. The lowest BCUT2D eigenvalue weighted by Gasteiger charge is -2.17. The number of amides is 1. The SMILES string of the molecule is COc1ccc(S(=O)(=O)NCCC(=O)Nc2ccc(S(=O)(=O)N(C)Cc3ccccc3)cc2)cc1. The summed E-state index contributed by atoms with van der Waals surface area (Å²) in [4.78, 5) is 12.4. The highest BCUT2D eigenvalue weighted by molar-refractivity contribution is 7.89. The fraction of sp³-hybridized carbons (Fsp3) is 0.208. The minimum atomic E-state index is -3.76. The number of hydrogen-bond donors (Lipinski definition) is 2. The van der Waals surface area contributed by atoms with Crippen molar-refractivity contribution in [2.45, 2.75) is 22.8 Å². The Kier molecular flexibility index (Phi) is 8.62. The van der Waals surface area contributed by atoms with E-state index in [1.165, 1.54) is 67.0 Å². The van der Waals surface area contributed by atoms with Crippen molar-refractivity contribution in [3.8, 4) is 5.75 Å². The van der Waals surface area contributed by atoms with Crippen LogP contribution in [0, 0.1) is 0 Å². The van der Waals surface area contributed by atoms with Crippen LogP contribution in [-0.2, 0) is 31.4 Å². The molecule has 35 heavy (non-hydrogen) atoms. The van der Waals surface area contributed by atoms with Crippen LogP contribution in [0.2, 0.25) is 0 Å². The molecule has 0 radical (unpaired) electrons. The second kappa shape index (κ2) is 11.5. The van der Waals surface area contributed by atoms with Crippen LogP contribution < -0.4 is 14.8 Å². The highest BCUT2D eigenvalue weighted by Gasteiger charge is 2.21. The summed E-state index contributed by atoms with van der Waals surface area (Å²) < 4.78 is 58.9. The van der Waals surface area contributed by atoms with Crippen LogP contribution in [0.4, 0.5) is 5.69 Å². The summed E-state index contributed by atoms with van der Waals surface area (Å²) in [5.41, 5.74) is 1.27. The number of carbonyl (C=O) groups excluding carboxylic acids is 1. The molecule has 9 nitrogen and oxygen atoms in total. The molecule has 0 saturated carbocycles. The third-order valence-electron chi connectivity index (χ3n) is 5.11. The van der Waals surface area contributed by atoms with E-state index >= 15 is 0 Å². The number of nitrogens with zero attached hydrogens (tertiary/aromatic N) is 1. The Morgan fingerprint density at radius 1 is 0.857 bits per heavy atom. The Morgan fingerprint density at radius 3 is 2.06 bits per heavy atom. The molecule has 0 aliphatic heterocycles. The molecule has 0 atom stereocenters. The average Bonchev–Trinajstić information content (AvgIpc) is 2.85. The van der Waals surface area contributed by atoms with Gasteiger partial charge in [-0.05, 0) is 54.1 Å². The van der Waals surface area contributed by atoms with Crippen molar-refractivity contribution in [3.05, 3.63) is 84.4 Å². The van der Waals surface area contributed by atoms with Crippen molar-refractivity contribution in [3.63, 3.8) is 0 Å². The van der Waals surface area contributed by atoms with Gasteiger partial charge in [0.2, 0.25) is 26.0 Å². The summed E-state index contributed by atoms with van der Waals surface area (Å²) in [5, 5.41) is 2.63. The maximum atomic E-state index is 12.8. The molecule has 0 unspecified atom stereocenters. The quantitative estimate of drug-likeness (QED) is 0.403. The molecule has 11 heteroatoms. The molecule has 3 aromatic rings. The molecule has 3 rings (SSSR count). The highest BCUT2D eigenvalue weighted by Crippen LogP contribution is 2.19. The van der Waals surface area contributed by atoms with Crippen LogP contribution in [0.1, 0.15) is 12.0 Å². The van der Waals surface area contributed by atoms with E-state index in [2.05, 4.69) is 10.0 Å². The number of rotatable bonds is 11. The van der Waals surface area contributed by atoms with Gasteiger partial charge in [0.15, 0.2) is 0 Å². The van der Waals surface area contributed by atoms with Gasteiger partial charge in [0.05, 0.1) is 16.9 Å². The van der Waals surface area contributed by atoms with Crippen molar-refractivity contribution >= 4 is 31.6 Å². The van der Waals surface area contributed by atoms with Crippen LogP contribution in [0.3, 0.4) is 0 Å². The molecular weight excluding hydrogens is 490 g/mol. The predicted octanol–water partition coefficient (Wildman–Crippen LogP) is 2.82. The minimum absolute atomic E-state index is 0.0627. The Morgan fingerprint density at radius 2 is 1.46 bits per heavy atom. The van der Waals surface area contributed by atoms with Gasteiger partial charge in [0, 0.05) is 32.2 Å². The van der Waals surface area contributed by atoms with Gasteiger partial charge >= 0.3 is 0 Å². The first-order valence-electron chi connectivity index (χ1n) is 10.7. The van der Waals surface area contributed by atoms with Gasteiger partial charge in [-0.1, -0.05) is 30.3 Å². The van der Waals surface area contributed by atoms with E-state index in [-0.39, 0.29) is 29.3 Å². The summed E-state index contributed by atoms with van der Waals surface area (Å²) >= 11 is 0. The maximum absolute atomic E-state index is 12.8. The summed E-state index contributed by atoms with van der Waals surface area (Å²) in [7, 11) is -4.48. The largest absolute Gasteiger partial charge is 0.497 e. The lowest BCUT2D eigenvalue weighted by molar-refractivity contribution is -0.116. The number of methoxy groups -OCH3 is 1. The van der Waals surface area contributed by atoms with E-state index in [1.54, 1.807) is 0 Å². The molecule has 0 aromatic heterocycles. The number of sulfonamides is 2. The van der Waals surface area contributed by atoms with E-state index in [1.807, 2.05) is 30.3 Å². The van der Waals surface area contributed by atoms with E-state index in [0.29, 0.717) is 11.4 Å². The summed E-state index contributed by atoms with van der Waals surface area (Å²) in [6, 6.07) is 20.9. The van der Waals surface area contributed by atoms with Crippen LogP contribution in [0.15, 0.2) is 88.7 Å². The van der Waals surface area contributed by atoms with Crippen LogP contribution in [0.5, 0.6) is 5.75 Å². The van der Waals surface area contributed by atoms with E-state index in [9.17, 15) is 21.6 Å². The van der Waals surface area contributed by atoms with Crippen molar-refractivity contribution < 1.29 is 26.4 Å². The molecule has 186 valence electrons. The molecule has 0 saturated heterocycles. The zero-order valence-corrected chi connectivity index (χ0v) is 21.0. The number of ether oxygens (including phenoxy) is 1. The second-order valence-electron chi connectivity index (χ2n) is 7.64. The van der Waals surface area contributed by atoms with Crippen molar-refractivity contribution in [1.29, 1.82) is 0 Å². The lowest BCUT2D eigenvalue weighted by atomic mass is 10.2. The zero-order chi connectivity index (χ0) is 25.5. The number of benzene rings is 3. The normalized spacial score (nSPS) is 11.9. The maximum Gasteiger partial charge on any atom is 0.243 e. The highest BCUT2D eigenvalue weighted by atomic mass is 32.2. The van der Waals surface area contributed by atoms with Gasteiger partial charge in [-0.2, -0.15) is 4.31 Å². The van der Waals surface area contributed by atoms with Gasteiger partial charge in [-0.3, -0.25) is 4.79 Å². The van der Waals surface area contributed by atoms with Gasteiger partial charge in [0.25, 0.3) is 0 Å². The summed E-state index contributed by atoms with van der Waals surface area (Å²) in [5.74, 6) is 0.115. The fourth-order valence-corrected chi connectivity index (χ4v) is 5.37. The third kappa shape index (κ3) is 7.12. The number of anilines is 1. The Hall–Kier alpha value is -3.25. The van der Waals surface area contributed by atoms with Gasteiger partial charge < -0.3 is 10.1 Å². The molecule has 0 spiro atoms. The summed E-state index contributed by atoms with van der Waals surface area (Å²) in [6.45, 7) is 0.130. The fourth-order valence-electron chi connectivity index (χ4n) is 3.18. The Labute approximate surface area is 205 Å². The Balaban J connectivity index is 1.52. The molecule has 1 amide bonds. The minimum Gasteiger partial charge on any atom is -0.497 e. The van der Waals surface area contributed by atoms with Crippen molar-refractivity contribution in [1.82, 2.24) is 9.03 Å². The average molecular weight is 518 g/mol. The topological polar surface area (TPSA) is 122 Å². The van der Waals surface area contributed by atoms with Crippen molar-refractivity contribution in [2.24, 2.45) is 0 Å². The first-order valence-corrected chi connectivity index (χ1v) is 13.6. The first kappa shape index (κ1) is 26.4. The monoisotopic (exact) mass is 517 g/mol. The molecular formula is C24H27N3O6S2. The zero-order valence-electron chi connectivity index (χ0n) is 19.3. The standard InChI is InChI=1S/C24H27N3O6S2/c1-27(18-19-6-4-3-5-7-19)35(31,32)23-12-8-20(9-13-23)26-24(28)16-17-25-34(29,30)22-14-10-21(33-2)11-15-22/h3-15,25H,16-18H2,1-2H3,(H,26,28). The van der Waals surface area contributed by atoms with Crippen LogP contribution in [-0.4, -0.2) is 47.8 Å². The van der Waals surface area contributed by atoms with Crippen LogP contribution >= 0.6 is 0 Å². The number of carbonyl (C=O) groups is 1. The molecule has 0 fully saturated rings. The van der Waals surface area contributed by atoms with Gasteiger partial charge in [-0.25, -0.2) is 21.6 Å². The molecule has 0 bridgehead atoms. The number of hydrogen-bond acceptors (Lipinski definition) is 6. The molecule has 0 aliphatic rings. The summed E-state index contributed by atoms with van der Waals surface area (Å²) in [6.07, 6.45) is -0.102. The van der Waals surface area contributed by atoms with Gasteiger partial charge in [-0.15, -0.1) is 0 Å². The number of nitrogens with one attached hydrogen (secondary N) is 2. The molecule has 3 aromatic carbocycles. The van der Waals surface area contributed by atoms with E-state index < -0.39 is 26.0 Å². The van der Waals surface area contributed by atoms with E-state index in [0.717, 1.165) is 5.56 Å². The molecule has 0 heterocycles. The van der Waals surface area contributed by atoms with Crippen molar-refractivity contribution in [2.75, 3.05) is 26.0 Å². The van der Waals surface area contributed by atoms with E-state index in [4.69, 9.17) is 4.74 Å². The van der Waals surface area contributed by atoms with Gasteiger partial charge in [0.1, 0.15) is 5.75 Å². The Bertz CT molecular complexity index is 1340. The third-order valence-corrected chi connectivity index (χ3v) is 8.40. The first-order chi connectivity index (χ1) is 16.6. The molecule has 2 N–H and O–H groups in total. The smallest absolute Gasteiger partial charge is 0.243 e. The second-order valence-corrected chi connectivity index (χ2v) is 11.5.